The Morgan fingerprint density at radius 1 is 1.07 bits per heavy atom. The number of alkyl halides is 3. The van der Waals surface area contributed by atoms with Crippen LogP contribution in [0.25, 0.3) is 10.9 Å². The number of benzene rings is 2. The third-order valence-electron chi connectivity index (χ3n) is 3.75. The minimum atomic E-state index is -4.56. The van der Waals surface area contributed by atoms with E-state index in [4.69, 9.17) is 0 Å². The zero-order chi connectivity index (χ0) is 20.4. The molecule has 1 heterocycles. The molecular formula is C18H14BrF3N2O2S2. The lowest BCUT2D eigenvalue weighted by molar-refractivity contribution is -0.141. The van der Waals surface area contributed by atoms with Gasteiger partial charge >= 0.3 is 6.18 Å². The van der Waals surface area contributed by atoms with Crippen LogP contribution in [0, 0.1) is 0 Å². The molecule has 0 fully saturated rings. The lowest BCUT2D eigenvalue weighted by Crippen LogP contribution is -2.26. The molecule has 3 aromatic rings. The number of para-hydroxylation sites is 1. The molecule has 0 aliphatic heterocycles. The molecule has 0 amide bonds. The smallest absolute Gasteiger partial charge is 0.243 e. The summed E-state index contributed by atoms with van der Waals surface area (Å²) < 4.78 is 66.9. The van der Waals surface area contributed by atoms with Gasteiger partial charge in [-0.25, -0.2) is 18.1 Å². The van der Waals surface area contributed by atoms with Gasteiger partial charge in [0.2, 0.25) is 10.0 Å². The minimum absolute atomic E-state index is 0.0618. The number of thioether (sulfide) groups is 1. The van der Waals surface area contributed by atoms with E-state index < -0.39 is 21.9 Å². The molecule has 2 aromatic carbocycles. The van der Waals surface area contributed by atoms with Gasteiger partial charge < -0.3 is 0 Å². The zero-order valence-corrected chi connectivity index (χ0v) is 17.4. The van der Waals surface area contributed by atoms with E-state index in [9.17, 15) is 21.6 Å². The van der Waals surface area contributed by atoms with Crippen molar-refractivity contribution in [3.05, 3.63) is 64.8 Å². The van der Waals surface area contributed by atoms with Gasteiger partial charge in [0.25, 0.3) is 0 Å². The van der Waals surface area contributed by atoms with Gasteiger partial charge in [-0.15, -0.1) is 11.8 Å². The van der Waals surface area contributed by atoms with Crippen molar-refractivity contribution in [1.82, 2.24) is 9.71 Å². The monoisotopic (exact) mass is 490 g/mol. The number of hydrogen-bond donors (Lipinski definition) is 1. The lowest BCUT2D eigenvalue weighted by Gasteiger charge is -2.12. The van der Waals surface area contributed by atoms with Crippen molar-refractivity contribution in [2.75, 3.05) is 12.3 Å². The summed E-state index contributed by atoms with van der Waals surface area (Å²) in [5.41, 5.74) is -0.726. The van der Waals surface area contributed by atoms with Crippen molar-refractivity contribution in [2.24, 2.45) is 0 Å². The molecule has 0 aliphatic rings. The second-order valence-electron chi connectivity index (χ2n) is 5.70. The second kappa shape index (κ2) is 8.40. The van der Waals surface area contributed by atoms with Crippen molar-refractivity contribution < 1.29 is 21.6 Å². The fourth-order valence-electron chi connectivity index (χ4n) is 2.49. The van der Waals surface area contributed by atoms with Crippen LogP contribution in [0.1, 0.15) is 5.69 Å². The molecule has 0 aliphatic carbocycles. The van der Waals surface area contributed by atoms with Crippen LogP contribution in [0.2, 0.25) is 0 Å². The fourth-order valence-corrected chi connectivity index (χ4v) is 5.59. The number of nitrogens with zero attached hydrogens (tertiary/aromatic N) is 1. The average Bonchev–Trinajstić information content (AvgIpc) is 2.64. The van der Waals surface area contributed by atoms with Gasteiger partial charge in [0.1, 0.15) is 5.69 Å². The van der Waals surface area contributed by atoms with E-state index >= 15 is 0 Å². The van der Waals surface area contributed by atoms with E-state index in [1.165, 1.54) is 12.1 Å². The number of rotatable bonds is 6. The SMILES string of the molecule is O=S(=O)(NCCSc1cc(C(F)(F)F)nc2ccccc12)c1ccccc1Br. The first-order chi connectivity index (χ1) is 13.2. The second-order valence-corrected chi connectivity index (χ2v) is 9.42. The van der Waals surface area contributed by atoms with E-state index in [1.54, 1.807) is 36.4 Å². The first kappa shape index (κ1) is 21.1. The molecule has 0 spiro atoms. The molecule has 0 saturated heterocycles. The van der Waals surface area contributed by atoms with Crippen LogP contribution >= 0.6 is 27.7 Å². The molecule has 3 rings (SSSR count). The summed E-state index contributed by atoms with van der Waals surface area (Å²) in [7, 11) is -3.72. The van der Waals surface area contributed by atoms with Crippen LogP contribution in [-0.4, -0.2) is 25.7 Å². The number of hydrogen-bond acceptors (Lipinski definition) is 4. The van der Waals surface area contributed by atoms with Gasteiger partial charge in [-0.1, -0.05) is 30.3 Å². The van der Waals surface area contributed by atoms with Crippen molar-refractivity contribution >= 4 is 48.6 Å². The van der Waals surface area contributed by atoms with E-state index in [-0.39, 0.29) is 22.7 Å². The summed E-state index contributed by atoms with van der Waals surface area (Å²) >= 11 is 4.34. The van der Waals surface area contributed by atoms with Crippen LogP contribution in [0.3, 0.4) is 0 Å². The fraction of sp³-hybridized carbons (Fsp3) is 0.167. The number of sulfonamides is 1. The predicted molar refractivity (Wildman–Crippen MR) is 107 cm³/mol. The third kappa shape index (κ3) is 4.86. The summed E-state index contributed by atoms with van der Waals surface area (Å²) in [6, 6.07) is 13.9. The molecule has 0 unspecified atom stereocenters. The van der Waals surface area contributed by atoms with Crippen LogP contribution in [0.5, 0.6) is 0 Å². The Bertz CT molecular complexity index is 1110. The average molecular weight is 491 g/mol. The van der Waals surface area contributed by atoms with Crippen LogP contribution < -0.4 is 4.72 Å². The van der Waals surface area contributed by atoms with E-state index in [2.05, 4.69) is 25.6 Å². The van der Waals surface area contributed by atoms with Crippen molar-refractivity contribution in [3.8, 4) is 0 Å². The zero-order valence-electron chi connectivity index (χ0n) is 14.2. The Morgan fingerprint density at radius 2 is 1.75 bits per heavy atom. The summed E-state index contributed by atoms with van der Waals surface area (Å²) in [4.78, 5) is 4.18. The Morgan fingerprint density at radius 3 is 2.46 bits per heavy atom. The van der Waals surface area contributed by atoms with E-state index in [0.29, 0.717) is 14.8 Å². The number of aromatic nitrogens is 1. The molecule has 0 saturated carbocycles. The molecule has 10 heteroatoms. The highest BCUT2D eigenvalue weighted by Gasteiger charge is 2.33. The molecule has 4 nitrogen and oxygen atoms in total. The Kier molecular flexibility index (Phi) is 6.33. The maximum Gasteiger partial charge on any atom is 0.433 e. The third-order valence-corrected chi connectivity index (χ3v) is 7.28. The van der Waals surface area contributed by atoms with Gasteiger partial charge in [0, 0.05) is 27.1 Å². The molecule has 148 valence electrons. The molecule has 1 N–H and O–H groups in total. The molecule has 0 bridgehead atoms. The number of nitrogens with one attached hydrogen (secondary N) is 1. The van der Waals surface area contributed by atoms with Crippen molar-refractivity contribution in [2.45, 2.75) is 16.0 Å². The molecule has 1 aromatic heterocycles. The summed E-state index contributed by atoms with van der Waals surface area (Å²) in [5, 5.41) is 0.592. The highest BCUT2D eigenvalue weighted by atomic mass is 79.9. The topological polar surface area (TPSA) is 59.1 Å². The largest absolute Gasteiger partial charge is 0.433 e. The van der Waals surface area contributed by atoms with Crippen molar-refractivity contribution in [3.63, 3.8) is 0 Å². The highest BCUT2D eigenvalue weighted by molar-refractivity contribution is 9.10. The summed E-state index contributed by atoms with van der Waals surface area (Å²) in [6.07, 6.45) is -4.56. The molecular weight excluding hydrogens is 477 g/mol. The molecule has 0 atom stereocenters. The first-order valence-corrected chi connectivity index (χ1v) is 11.3. The molecule has 0 radical (unpaired) electrons. The highest BCUT2D eigenvalue weighted by Crippen LogP contribution is 2.34. The van der Waals surface area contributed by atoms with Gasteiger partial charge in [0.05, 0.1) is 10.4 Å². The summed E-state index contributed by atoms with van der Waals surface area (Å²) in [5.74, 6) is 0.259. The standard InChI is InChI=1S/C18H14BrF3N2O2S2/c19-13-6-2-4-8-16(13)28(25,26)23-9-10-27-15-11-17(18(20,21)22)24-14-7-3-1-5-12(14)15/h1-8,11,23H,9-10H2. The molecule has 28 heavy (non-hydrogen) atoms. The number of pyridine rings is 1. The van der Waals surface area contributed by atoms with Gasteiger partial charge in [-0.05, 0) is 40.2 Å². The number of halogens is 4. The van der Waals surface area contributed by atoms with Gasteiger partial charge in [-0.3, -0.25) is 0 Å². The van der Waals surface area contributed by atoms with E-state index in [0.717, 1.165) is 17.8 Å². The number of fused-ring (bicyclic) bond motifs is 1. The predicted octanol–water partition coefficient (Wildman–Crippen LogP) is 5.09. The van der Waals surface area contributed by atoms with Gasteiger partial charge in [0.15, 0.2) is 0 Å². The Balaban J connectivity index is 1.75. The Labute approximate surface area is 172 Å². The van der Waals surface area contributed by atoms with E-state index in [1.807, 2.05) is 0 Å². The van der Waals surface area contributed by atoms with Crippen LogP contribution in [0.4, 0.5) is 13.2 Å². The van der Waals surface area contributed by atoms with Gasteiger partial charge in [-0.2, -0.15) is 13.2 Å². The first-order valence-electron chi connectivity index (χ1n) is 8.02. The maximum atomic E-state index is 13.1. The normalized spacial score (nSPS) is 12.4. The summed E-state index contributed by atoms with van der Waals surface area (Å²) in [6.45, 7) is 0.0618. The lowest BCUT2D eigenvalue weighted by atomic mass is 10.2. The van der Waals surface area contributed by atoms with Crippen LogP contribution in [0.15, 0.2) is 68.9 Å². The van der Waals surface area contributed by atoms with Crippen LogP contribution in [-0.2, 0) is 16.2 Å². The maximum absolute atomic E-state index is 13.1. The Hall–Kier alpha value is -1.62. The quantitative estimate of drug-likeness (QED) is 0.386. The van der Waals surface area contributed by atoms with Crippen molar-refractivity contribution in [1.29, 1.82) is 0 Å². The minimum Gasteiger partial charge on any atom is -0.243 e.